The molecule has 1 saturated heterocycles. The number of hydrogen-bond acceptors (Lipinski definition) is 6. The average molecular weight is 660 g/mol. The lowest BCUT2D eigenvalue weighted by atomic mass is 9.97. The summed E-state index contributed by atoms with van der Waals surface area (Å²) in [4.78, 5) is 37.6. The number of amides is 1. The number of thiazole rings is 1. The summed E-state index contributed by atoms with van der Waals surface area (Å²) in [6.45, 7) is 0.416. The molecule has 6 rings (SSSR count). The van der Waals surface area contributed by atoms with Crippen molar-refractivity contribution in [1.29, 1.82) is 0 Å². The third-order valence-electron chi connectivity index (χ3n) is 7.82. The van der Waals surface area contributed by atoms with Crippen molar-refractivity contribution in [3.63, 3.8) is 0 Å². The summed E-state index contributed by atoms with van der Waals surface area (Å²) in [5, 5.41) is 8.26. The Morgan fingerprint density at radius 2 is 1.74 bits per heavy atom. The number of pyridine rings is 1. The van der Waals surface area contributed by atoms with Crippen LogP contribution in [-0.2, 0) is 22.4 Å². The zero-order valence-electron chi connectivity index (χ0n) is 22.0. The van der Waals surface area contributed by atoms with Crippen LogP contribution >= 0.6 is 46.1 Å². The fraction of sp³-hybridized carbons (Fsp3) is 0.429. The van der Waals surface area contributed by atoms with Gasteiger partial charge in [-0.05, 0) is 55.4 Å². The first-order valence-electron chi connectivity index (χ1n) is 13.4. The highest BCUT2D eigenvalue weighted by atomic mass is 35.5. The van der Waals surface area contributed by atoms with E-state index in [1.54, 1.807) is 17.0 Å². The minimum absolute atomic E-state index is 0.00710. The van der Waals surface area contributed by atoms with E-state index in [4.69, 9.17) is 44.6 Å². The van der Waals surface area contributed by atoms with Crippen molar-refractivity contribution in [2.75, 3.05) is 13.1 Å². The quantitative estimate of drug-likeness (QED) is 0.276. The van der Waals surface area contributed by atoms with Crippen molar-refractivity contribution in [1.82, 2.24) is 14.5 Å². The second kappa shape index (κ2) is 11.5. The van der Waals surface area contributed by atoms with Gasteiger partial charge in [0.15, 0.2) is 6.10 Å². The van der Waals surface area contributed by atoms with Gasteiger partial charge in [0.2, 0.25) is 5.91 Å². The summed E-state index contributed by atoms with van der Waals surface area (Å²) >= 11 is 20.2. The minimum atomic E-state index is -4.77. The summed E-state index contributed by atoms with van der Waals surface area (Å²) in [6, 6.07) is 4.14. The maximum atomic E-state index is 13.5. The number of nitrogens with zero attached hydrogens (tertiary/aromatic N) is 4. The number of hydrogen-bond donors (Lipinski definition) is 0. The minimum Gasteiger partial charge on any atom is -0.387 e. The highest BCUT2D eigenvalue weighted by Gasteiger charge is 2.37. The molecule has 1 saturated carbocycles. The van der Waals surface area contributed by atoms with Crippen LogP contribution in [0.4, 0.5) is 13.2 Å². The number of carbonyl (C=O) groups is 1. The smallest absolute Gasteiger partial charge is 0.387 e. The first-order valence-corrected chi connectivity index (χ1v) is 15.4. The number of rotatable bonds is 6. The number of likely N-dealkylation sites (tertiary alicyclic amines) is 1. The number of piperidine rings is 1. The molecule has 1 aromatic carbocycles. The van der Waals surface area contributed by atoms with E-state index in [2.05, 4.69) is 5.16 Å². The topological polar surface area (TPSA) is 76.8 Å². The van der Waals surface area contributed by atoms with Gasteiger partial charge in [-0.3, -0.25) is 9.59 Å². The second-order valence-electron chi connectivity index (χ2n) is 10.7. The van der Waals surface area contributed by atoms with Crippen LogP contribution in [0, 0.1) is 0 Å². The normalized spacial score (nSPS) is 19.6. The Morgan fingerprint density at radius 3 is 2.38 bits per heavy atom. The maximum absolute atomic E-state index is 13.5. The molecule has 1 unspecified atom stereocenters. The van der Waals surface area contributed by atoms with E-state index in [1.165, 1.54) is 17.5 Å². The molecule has 7 nitrogen and oxygen atoms in total. The predicted octanol–water partition coefficient (Wildman–Crippen LogP) is 7.43. The van der Waals surface area contributed by atoms with Gasteiger partial charge in [0.25, 0.3) is 5.56 Å². The molecule has 0 radical (unpaired) electrons. The number of benzene rings is 1. The van der Waals surface area contributed by atoms with Crippen molar-refractivity contribution in [3.8, 4) is 0 Å². The molecule has 0 bridgehead atoms. The lowest BCUT2D eigenvalue weighted by molar-refractivity contribution is -0.140. The van der Waals surface area contributed by atoms with Crippen molar-refractivity contribution < 1.29 is 22.8 Å². The van der Waals surface area contributed by atoms with Gasteiger partial charge in [-0.25, -0.2) is 4.98 Å². The molecule has 42 heavy (non-hydrogen) atoms. The largest absolute Gasteiger partial charge is 0.421 e. The van der Waals surface area contributed by atoms with Crippen molar-refractivity contribution in [2.24, 2.45) is 5.16 Å². The molecule has 14 heteroatoms. The highest BCUT2D eigenvalue weighted by molar-refractivity contribution is 7.10. The third-order valence-corrected chi connectivity index (χ3v) is 9.67. The van der Waals surface area contributed by atoms with Gasteiger partial charge < -0.3 is 14.3 Å². The van der Waals surface area contributed by atoms with E-state index in [-0.39, 0.29) is 17.7 Å². The second-order valence-corrected chi connectivity index (χ2v) is 12.9. The number of aromatic nitrogens is 2. The Bertz CT molecular complexity index is 1610. The van der Waals surface area contributed by atoms with Crippen LogP contribution in [0.2, 0.25) is 15.1 Å². The van der Waals surface area contributed by atoms with Gasteiger partial charge in [0, 0.05) is 47.6 Å². The van der Waals surface area contributed by atoms with Crippen LogP contribution in [0.3, 0.4) is 0 Å². The van der Waals surface area contributed by atoms with Gasteiger partial charge in [-0.1, -0.05) is 40.0 Å². The van der Waals surface area contributed by atoms with E-state index < -0.39 is 29.9 Å². The molecule has 222 valence electrons. The molecule has 1 amide bonds. The monoisotopic (exact) mass is 658 g/mol. The Kier molecular flexibility index (Phi) is 8.06. The van der Waals surface area contributed by atoms with Gasteiger partial charge in [0.1, 0.15) is 17.8 Å². The van der Waals surface area contributed by atoms with Crippen LogP contribution in [0.15, 0.2) is 39.7 Å². The van der Waals surface area contributed by atoms with Crippen molar-refractivity contribution >= 4 is 57.8 Å². The van der Waals surface area contributed by atoms with Gasteiger partial charge >= 0.3 is 6.18 Å². The van der Waals surface area contributed by atoms with Crippen molar-refractivity contribution in [3.05, 3.63) is 82.6 Å². The molecular formula is C28H24Cl3F3N4O3S. The molecule has 3 aromatic rings. The summed E-state index contributed by atoms with van der Waals surface area (Å²) in [6.07, 6.45) is -0.536. The lowest BCUT2D eigenvalue weighted by Crippen LogP contribution is -2.42. The Labute approximate surface area is 257 Å². The standard InChI is InChI=1S/C28H24Cl3F3N4O3S/c29-17-8-19(30)25(20(31)9-17)23-10-21(36-41-23)22-13-42-26(35-22)15-3-5-37(6-4-15)24(39)12-38-11-16(14-1-2-14)7-18(27(38)40)28(32,33)34/h7-9,11,13-15,23H,1-6,10,12H2. The van der Waals surface area contributed by atoms with Crippen LogP contribution in [-0.4, -0.2) is 39.2 Å². The Balaban J connectivity index is 1.07. The molecule has 2 aromatic heterocycles. The van der Waals surface area contributed by atoms with Crippen LogP contribution in [0.5, 0.6) is 0 Å². The maximum Gasteiger partial charge on any atom is 0.421 e. The van der Waals surface area contributed by atoms with Gasteiger partial charge in [-0.2, -0.15) is 13.2 Å². The number of halogens is 6. The Hall–Kier alpha value is -2.60. The van der Waals surface area contributed by atoms with E-state index in [1.807, 2.05) is 5.38 Å². The molecule has 0 spiro atoms. The summed E-state index contributed by atoms with van der Waals surface area (Å²) in [5.74, 6) is -0.253. The summed E-state index contributed by atoms with van der Waals surface area (Å²) < 4.78 is 41.4. The molecule has 3 aliphatic rings. The molecule has 1 aliphatic carbocycles. The zero-order valence-corrected chi connectivity index (χ0v) is 25.0. The number of carbonyl (C=O) groups excluding carboxylic acids is 1. The lowest BCUT2D eigenvalue weighted by Gasteiger charge is -2.31. The zero-order chi connectivity index (χ0) is 29.8. The Morgan fingerprint density at radius 1 is 1.05 bits per heavy atom. The predicted molar refractivity (Wildman–Crippen MR) is 155 cm³/mol. The van der Waals surface area contributed by atoms with E-state index in [9.17, 15) is 22.8 Å². The van der Waals surface area contributed by atoms with Gasteiger partial charge in [-0.15, -0.1) is 11.3 Å². The molecule has 2 fully saturated rings. The van der Waals surface area contributed by atoms with Gasteiger partial charge in [0.05, 0.1) is 20.7 Å². The molecule has 2 aliphatic heterocycles. The van der Waals surface area contributed by atoms with Crippen LogP contribution in [0.25, 0.3) is 0 Å². The van der Waals surface area contributed by atoms with Crippen molar-refractivity contribution in [2.45, 2.75) is 62.8 Å². The van der Waals surface area contributed by atoms with Crippen LogP contribution < -0.4 is 5.56 Å². The molecule has 4 heterocycles. The average Bonchev–Trinajstić information content (AvgIpc) is 3.46. The highest BCUT2D eigenvalue weighted by Crippen LogP contribution is 2.42. The molecule has 0 N–H and O–H groups in total. The number of alkyl halides is 3. The SMILES string of the molecule is O=C(Cn1cc(C2CC2)cc(C(F)(F)F)c1=O)N1CCC(c2nc(C3=NOC(c4c(Cl)cc(Cl)cc4Cl)C3)cs2)CC1. The fourth-order valence-electron chi connectivity index (χ4n) is 5.39. The fourth-order valence-corrected chi connectivity index (χ4v) is 7.45. The summed E-state index contributed by atoms with van der Waals surface area (Å²) in [5.41, 5.74) is 0.0380. The van der Waals surface area contributed by atoms with E-state index in [0.29, 0.717) is 70.0 Å². The first kappa shape index (κ1) is 29.5. The van der Waals surface area contributed by atoms with E-state index >= 15 is 0 Å². The molecular weight excluding hydrogens is 636 g/mol. The number of oxime groups is 1. The van der Waals surface area contributed by atoms with E-state index in [0.717, 1.165) is 28.5 Å². The first-order chi connectivity index (χ1) is 20.0. The molecule has 1 atom stereocenters. The van der Waals surface area contributed by atoms with Crippen LogP contribution in [0.1, 0.15) is 77.4 Å². The third kappa shape index (κ3) is 6.06. The summed E-state index contributed by atoms with van der Waals surface area (Å²) in [7, 11) is 0.